The Labute approximate surface area is 76.6 Å². The van der Waals surface area contributed by atoms with E-state index in [0.29, 0.717) is 10.5 Å². The zero-order valence-electron chi connectivity index (χ0n) is 7.04. The van der Waals surface area contributed by atoms with E-state index in [9.17, 15) is 5.21 Å². The van der Waals surface area contributed by atoms with E-state index in [4.69, 9.17) is 11.6 Å². The first-order valence-electron chi connectivity index (χ1n) is 3.76. The largest absolute Gasteiger partial charge is 0.710 e. The van der Waals surface area contributed by atoms with Crippen LogP contribution in [-0.2, 0) is 0 Å². The smallest absolute Gasteiger partial charge is 0.278 e. The molecule has 1 aromatic rings. The Kier molecular flexibility index (Phi) is 2.76. The summed E-state index contributed by atoms with van der Waals surface area (Å²) in [5.41, 5.74) is 0. The van der Waals surface area contributed by atoms with Gasteiger partial charge in [-0.15, -0.1) is 0 Å². The first kappa shape index (κ1) is 9.13. The Morgan fingerprint density at radius 2 is 2.17 bits per heavy atom. The lowest BCUT2D eigenvalue weighted by atomic mass is 10.4. The molecule has 0 radical (unpaired) electrons. The second kappa shape index (κ2) is 3.63. The minimum absolute atomic E-state index is 0.181. The summed E-state index contributed by atoms with van der Waals surface area (Å²) in [4.78, 5) is 0. The number of pyridine rings is 1. The first-order chi connectivity index (χ1) is 5.61. The van der Waals surface area contributed by atoms with E-state index in [1.807, 2.05) is 13.8 Å². The van der Waals surface area contributed by atoms with Crippen molar-refractivity contribution in [2.45, 2.75) is 19.9 Å². The summed E-state index contributed by atoms with van der Waals surface area (Å²) in [6.07, 6.45) is 0. The van der Waals surface area contributed by atoms with Crippen molar-refractivity contribution >= 4 is 17.4 Å². The topological polar surface area (TPSA) is 39.0 Å². The highest BCUT2D eigenvalue weighted by Crippen LogP contribution is 2.07. The van der Waals surface area contributed by atoms with Crippen molar-refractivity contribution in [1.29, 1.82) is 0 Å². The SMILES string of the molecule is CC(C)Nc1cccc(Cl)[n+]1[O-]. The molecule has 12 heavy (non-hydrogen) atoms. The Bertz CT molecular complexity index is 276. The third-order valence-electron chi connectivity index (χ3n) is 1.34. The van der Waals surface area contributed by atoms with Gasteiger partial charge in [0.1, 0.15) is 0 Å². The minimum atomic E-state index is 0.181. The van der Waals surface area contributed by atoms with Crippen LogP contribution in [0.5, 0.6) is 0 Å². The average molecular weight is 187 g/mol. The van der Waals surface area contributed by atoms with Gasteiger partial charge in [-0.2, -0.15) is 0 Å². The van der Waals surface area contributed by atoms with Gasteiger partial charge in [0, 0.05) is 6.07 Å². The number of anilines is 1. The molecule has 0 saturated carbocycles. The highest BCUT2D eigenvalue weighted by Gasteiger charge is 2.06. The molecule has 0 aromatic carbocycles. The quantitative estimate of drug-likeness (QED) is 0.435. The molecule has 0 bridgehead atoms. The lowest BCUT2D eigenvalue weighted by molar-refractivity contribution is -0.588. The first-order valence-corrected chi connectivity index (χ1v) is 4.13. The summed E-state index contributed by atoms with van der Waals surface area (Å²) in [6, 6.07) is 5.21. The van der Waals surface area contributed by atoms with Crippen LogP contribution in [0.15, 0.2) is 18.2 Å². The third kappa shape index (κ3) is 2.01. The predicted octanol–water partition coefficient (Wildman–Crippen LogP) is 1.79. The van der Waals surface area contributed by atoms with E-state index in [1.54, 1.807) is 18.2 Å². The van der Waals surface area contributed by atoms with Crippen LogP contribution >= 0.6 is 11.6 Å². The number of nitrogens with zero attached hydrogens (tertiary/aromatic N) is 1. The van der Waals surface area contributed by atoms with E-state index in [1.165, 1.54) is 0 Å². The number of nitrogens with one attached hydrogen (secondary N) is 1. The molecule has 3 nitrogen and oxygen atoms in total. The summed E-state index contributed by atoms with van der Waals surface area (Å²) in [5, 5.41) is 14.4. The van der Waals surface area contributed by atoms with Crippen molar-refractivity contribution in [2.75, 3.05) is 5.32 Å². The molecule has 0 fully saturated rings. The van der Waals surface area contributed by atoms with Crippen molar-refractivity contribution in [3.05, 3.63) is 28.6 Å². The fourth-order valence-electron chi connectivity index (χ4n) is 0.872. The maximum atomic E-state index is 11.2. The van der Waals surface area contributed by atoms with Crippen molar-refractivity contribution in [1.82, 2.24) is 0 Å². The van der Waals surface area contributed by atoms with Gasteiger partial charge in [0.05, 0.1) is 6.04 Å². The lowest BCUT2D eigenvalue weighted by Gasteiger charge is -2.11. The van der Waals surface area contributed by atoms with Gasteiger partial charge in [0.25, 0.3) is 5.82 Å². The molecule has 66 valence electrons. The van der Waals surface area contributed by atoms with Gasteiger partial charge in [0.2, 0.25) is 0 Å². The van der Waals surface area contributed by atoms with E-state index in [0.717, 1.165) is 0 Å². The third-order valence-corrected chi connectivity index (χ3v) is 1.62. The molecule has 0 spiro atoms. The van der Waals surface area contributed by atoms with Crippen LogP contribution in [0.3, 0.4) is 0 Å². The molecule has 1 rings (SSSR count). The Hall–Kier alpha value is -0.960. The fourth-order valence-corrected chi connectivity index (χ4v) is 1.04. The maximum absolute atomic E-state index is 11.2. The van der Waals surface area contributed by atoms with Crippen molar-refractivity contribution in [3.63, 3.8) is 0 Å². The van der Waals surface area contributed by atoms with Crippen LogP contribution in [0.4, 0.5) is 5.82 Å². The van der Waals surface area contributed by atoms with Crippen LogP contribution in [0, 0.1) is 5.21 Å². The molecule has 1 N–H and O–H groups in total. The number of rotatable bonds is 2. The molecule has 4 heteroatoms. The molecule has 1 heterocycles. The molecular formula is C8H11ClN2O. The summed E-state index contributed by atoms with van der Waals surface area (Å²) in [6.45, 7) is 3.92. The van der Waals surface area contributed by atoms with Crippen LogP contribution in [-0.4, -0.2) is 6.04 Å². The molecule has 0 aliphatic rings. The standard InChI is InChI=1S/C8H11ClN2O/c1-6(2)10-8-5-3-4-7(9)11(8)12/h3-6,10H,1-2H3. The number of aromatic nitrogens is 1. The number of hydrogen-bond donors (Lipinski definition) is 1. The molecule has 0 atom stereocenters. The molecular weight excluding hydrogens is 176 g/mol. The van der Waals surface area contributed by atoms with Crippen LogP contribution < -0.4 is 10.0 Å². The number of halogens is 1. The van der Waals surface area contributed by atoms with E-state index in [-0.39, 0.29) is 11.2 Å². The van der Waals surface area contributed by atoms with Gasteiger partial charge in [-0.3, -0.25) is 5.32 Å². The van der Waals surface area contributed by atoms with Gasteiger partial charge in [0.15, 0.2) is 5.15 Å². The zero-order chi connectivity index (χ0) is 9.14. The molecule has 0 aliphatic heterocycles. The van der Waals surface area contributed by atoms with E-state index >= 15 is 0 Å². The average Bonchev–Trinajstić information content (AvgIpc) is 1.98. The zero-order valence-corrected chi connectivity index (χ0v) is 7.80. The highest BCUT2D eigenvalue weighted by atomic mass is 35.5. The molecule has 0 saturated heterocycles. The van der Waals surface area contributed by atoms with Crippen molar-refractivity contribution < 1.29 is 4.73 Å². The second-order valence-electron chi connectivity index (χ2n) is 2.83. The van der Waals surface area contributed by atoms with Gasteiger partial charge >= 0.3 is 0 Å². The summed E-state index contributed by atoms with van der Waals surface area (Å²) >= 11 is 5.61. The highest BCUT2D eigenvalue weighted by molar-refractivity contribution is 6.28. The van der Waals surface area contributed by atoms with Crippen LogP contribution in [0.2, 0.25) is 5.15 Å². The Morgan fingerprint density at radius 1 is 1.50 bits per heavy atom. The van der Waals surface area contributed by atoms with Gasteiger partial charge in [-0.25, -0.2) is 4.73 Å². The van der Waals surface area contributed by atoms with E-state index in [2.05, 4.69) is 5.32 Å². The van der Waals surface area contributed by atoms with Crippen molar-refractivity contribution in [2.24, 2.45) is 0 Å². The summed E-state index contributed by atoms with van der Waals surface area (Å²) < 4.78 is 0.668. The predicted molar refractivity (Wildman–Crippen MR) is 49.2 cm³/mol. The van der Waals surface area contributed by atoms with Crippen molar-refractivity contribution in [3.8, 4) is 0 Å². The summed E-state index contributed by atoms with van der Waals surface area (Å²) in [7, 11) is 0. The monoisotopic (exact) mass is 186 g/mol. The Morgan fingerprint density at radius 3 is 2.75 bits per heavy atom. The van der Waals surface area contributed by atoms with E-state index < -0.39 is 0 Å². The Balaban J connectivity index is 2.92. The maximum Gasteiger partial charge on any atom is 0.278 e. The number of hydrogen-bond acceptors (Lipinski definition) is 2. The minimum Gasteiger partial charge on any atom is -0.710 e. The molecule has 1 aromatic heterocycles. The van der Waals surface area contributed by atoms with Crippen LogP contribution in [0.25, 0.3) is 0 Å². The molecule has 0 unspecified atom stereocenters. The van der Waals surface area contributed by atoms with Gasteiger partial charge in [-0.05, 0) is 37.6 Å². The van der Waals surface area contributed by atoms with Gasteiger partial charge in [-0.1, -0.05) is 0 Å². The normalized spacial score (nSPS) is 10.3. The summed E-state index contributed by atoms with van der Waals surface area (Å²) in [5.74, 6) is 0.484. The molecule has 0 amide bonds. The lowest BCUT2D eigenvalue weighted by Crippen LogP contribution is -2.33. The van der Waals surface area contributed by atoms with Gasteiger partial charge < -0.3 is 5.21 Å². The molecule has 0 aliphatic carbocycles. The fraction of sp³-hybridized carbons (Fsp3) is 0.375. The second-order valence-corrected chi connectivity index (χ2v) is 3.21. The van der Waals surface area contributed by atoms with Crippen LogP contribution in [0.1, 0.15) is 13.8 Å².